The van der Waals surface area contributed by atoms with E-state index < -0.39 is 11.7 Å². The fourth-order valence-corrected chi connectivity index (χ4v) is 3.43. The highest BCUT2D eigenvalue weighted by Gasteiger charge is 2.21. The van der Waals surface area contributed by atoms with E-state index >= 15 is 0 Å². The molecule has 1 aliphatic heterocycles. The van der Waals surface area contributed by atoms with E-state index in [4.69, 9.17) is 15.2 Å². The first-order valence-corrected chi connectivity index (χ1v) is 10.8. The average molecular weight is 449 g/mol. The molecule has 0 radical (unpaired) electrons. The Balaban J connectivity index is 2.00. The Morgan fingerprint density at radius 1 is 1.25 bits per heavy atom. The third-order valence-electron chi connectivity index (χ3n) is 5.28. The molecule has 1 aliphatic rings. The van der Waals surface area contributed by atoms with Crippen LogP contribution in [0.15, 0.2) is 36.5 Å². The maximum absolute atomic E-state index is 14.3. The molecule has 2 aromatic heterocycles. The molecule has 0 atom stereocenters. The van der Waals surface area contributed by atoms with E-state index in [2.05, 4.69) is 33.0 Å². The van der Waals surface area contributed by atoms with E-state index in [0.29, 0.717) is 49.8 Å². The van der Waals surface area contributed by atoms with E-state index in [-0.39, 0.29) is 23.9 Å². The predicted molar refractivity (Wildman–Crippen MR) is 120 cm³/mol. The van der Waals surface area contributed by atoms with Gasteiger partial charge in [-0.05, 0) is 12.5 Å². The second-order valence-electron chi connectivity index (χ2n) is 7.52. The summed E-state index contributed by atoms with van der Waals surface area (Å²) >= 11 is 0. The van der Waals surface area contributed by atoms with Gasteiger partial charge in [0.15, 0.2) is 17.0 Å². The number of imidazole rings is 1. The average Bonchev–Trinajstić information content (AvgIpc) is 3.14. The van der Waals surface area contributed by atoms with Gasteiger partial charge in [-0.25, -0.2) is 13.8 Å². The van der Waals surface area contributed by atoms with Crippen molar-refractivity contribution in [3.05, 3.63) is 42.3 Å². The molecule has 3 heterocycles. The summed E-state index contributed by atoms with van der Waals surface area (Å²) in [7, 11) is 0. The van der Waals surface area contributed by atoms with Gasteiger partial charge in [-0.3, -0.25) is 4.90 Å². The van der Waals surface area contributed by atoms with Gasteiger partial charge < -0.3 is 19.8 Å². The zero-order chi connectivity index (χ0) is 23.1. The Hall–Kier alpha value is -2.85. The number of anilines is 1. The predicted octanol–water partition coefficient (Wildman–Crippen LogP) is 3.35. The minimum absolute atomic E-state index is 0.109. The molecule has 0 saturated carbocycles. The van der Waals surface area contributed by atoms with Gasteiger partial charge in [0.1, 0.15) is 17.5 Å². The topological polar surface area (TPSA) is 91.3 Å². The second kappa shape index (κ2) is 11.1. The molecule has 0 unspecified atom stereocenters. The number of allylic oxidation sites excluding steroid dienone is 4. The summed E-state index contributed by atoms with van der Waals surface area (Å²) in [6.07, 6.45) is 3.28. The maximum Gasteiger partial charge on any atom is 0.320 e. The number of aromatic nitrogens is 4. The molecule has 32 heavy (non-hydrogen) atoms. The number of rotatable bonds is 11. The summed E-state index contributed by atoms with van der Waals surface area (Å²) in [5, 5.41) is 0. The zero-order valence-corrected chi connectivity index (χ0v) is 18.4. The first-order chi connectivity index (χ1) is 15.4. The summed E-state index contributed by atoms with van der Waals surface area (Å²) in [5.74, 6) is -0.930. The van der Waals surface area contributed by atoms with Crippen LogP contribution in [0.3, 0.4) is 0 Å². The minimum Gasteiger partial charge on any atom is -0.463 e. The minimum atomic E-state index is -0.884. The number of ether oxygens (including phenoxy) is 2. The first-order valence-electron chi connectivity index (χ1n) is 10.8. The second-order valence-corrected chi connectivity index (χ2v) is 7.52. The van der Waals surface area contributed by atoms with Crippen LogP contribution in [0.2, 0.25) is 0 Å². The van der Waals surface area contributed by atoms with Crippen molar-refractivity contribution in [2.24, 2.45) is 0 Å². The normalized spacial score (nSPS) is 15.6. The Labute approximate surface area is 186 Å². The van der Waals surface area contributed by atoms with Gasteiger partial charge >= 0.3 is 6.01 Å². The zero-order valence-electron chi connectivity index (χ0n) is 18.4. The SMILES string of the molecule is C=C/C(F)=C(/Cn1c(CCN2CCOCC2)nc2c(N)nc(OCCCC)nc21)C(=C)F. The smallest absolute Gasteiger partial charge is 0.320 e. The molecule has 10 heteroatoms. The van der Waals surface area contributed by atoms with Crippen LogP contribution in [0.1, 0.15) is 25.6 Å². The lowest BCUT2D eigenvalue weighted by atomic mass is 10.2. The molecule has 174 valence electrons. The van der Waals surface area contributed by atoms with Crippen molar-refractivity contribution in [3.63, 3.8) is 0 Å². The lowest BCUT2D eigenvalue weighted by Gasteiger charge is -2.26. The van der Waals surface area contributed by atoms with Crippen LogP contribution in [0.25, 0.3) is 11.2 Å². The van der Waals surface area contributed by atoms with Crippen molar-refractivity contribution in [1.29, 1.82) is 0 Å². The van der Waals surface area contributed by atoms with Crippen molar-refractivity contribution in [1.82, 2.24) is 24.4 Å². The third-order valence-corrected chi connectivity index (χ3v) is 5.28. The van der Waals surface area contributed by atoms with Gasteiger partial charge in [0.25, 0.3) is 0 Å². The highest BCUT2D eigenvalue weighted by atomic mass is 19.1. The molecule has 0 bridgehead atoms. The van der Waals surface area contributed by atoms with Gasteiger partial charge in [-0.2, -0.15) is 9.97 Å². The van der Waals surface area contributed by atoms with E-state index in [1.807, 2.05) is 6.92 Å². The molecule has 8 nitrogen and oxygen atoms in total. The fourth-order valence-electron chi connectivity index (χ4n) is 3.43. The van der Waals surface area contributed by atoms with Crippen molar-refractivity contribution >= 4 is 17.0 Å². The fraction of sp³-hybridized carbons (Fsp3) is 0.500. The monoisotopic (exact) mass is 448 g/mol. The Kier molecular flexibility index (Phi) is 8.29. The van der Waals surface area contributed by atoms with Crippen LogP contribution in [0, 0.1) is 0 Å². The van der Waals surface area contributed by atoms with E-state index in [9.17, 15) is 8.78 Å². The molecule has 0 amide bonds. The number of morpholine rings is 1. The highest BCUT2D eigenvalue weighted by molar-refractivity contribution is 5.82. The standard InChI is InChI=1S/C22H30F2N6O2/c1-4-6-11-32-22-27-20(25)19-21(28-22)30(14-16(15(3)23)17(24)5-2)18(26-19)7-8-29-9-12-31-13-10-29/h5H,2-4,6-14H2,1H3,(H2,25,27,28)/b17-16+. The number of unbranched alkanes of at least 4 members (excludes halogenated alkanes) is 1. The number of halogens is 2. The molecular formula is C22H30F2N6O2. The molecule has 2 aromatic rings. The van der Waals surface area contributed by atoms with E-state index in [1.54, 1.807) is 4.57 Å². The van der Waals surface area contributed by atoms with Crippen molar-refractivity contribution < 1.29 is 18.3 Å². The molecule has 1 fully saturated rings. The molecule has 3 rings (SSSR count). The van der Waals surface area contributed by atoms with Gasteiger partial charge in [0.05, 0.1) is 26.4 Å². The lowest BCUT2D eigenvalue weighted by Crippen LogP contribution is -2.37. The summed E-state index contributed by atoms with van der Waals surface area (Å²) in [6.45, 7) is 12.7. The molecule has 2 N–H and O–H groups in total. The number of hydrogen-bond acceptors (Lipinski definition) is 7. The molecule has 1 saturated heterocycles. The van der Waals surface area contributed by atoms with Crippen LogP contribution in [-0.2, 0) is 17.7 Å². The summed E-state index contributed by atoms with van der Waals surface area (Å²) in [6, 6.07) is 0.109. The lowest BCUT2D eigenvalue weighted by molar-refractivity contribution is 0.0381. The first kappa shape index (κ1) is 23.8. The number of nitrogens with two attached hydrogens (primary N) is 1. The molecule has 0 aliphatic carbocycles. The Morgan fingerprint density at radius 2 is 2.00 bits per heavy atom. The van der Waals surface area contributed by atoms with Gasteiger partial charge in [0, 0.05) is 31.6 Å². The van der Waals surface area contributed by atoms with Crippen LogP contribution < -0.4 is 10.5 Å². The van der Waals surface area contributed by atoms with Gasteiger partial charge in [0.2, 0.25) is 0 Å². The van der Waals surface area contributed by atoms with Crippen LogP contribution >= 0.6 is 0 Å². The number of nitrogen functional groups attached to an aromatic ring is 1. The summed E-state index contributed by atoms with van der Waals surface area (Å²) in [5.41, 5.74) is 6.63. The maximum atomic E-state index is 14.3. The van der Waals surface area contributed by atoms with Crippen LogP contribution in [-0.4, -0.2) is 63.9 Å². The summed E-state index contributed by atoms with van der Waals surface area (Å²) < 4.78 is 41.1. The van der Waals surface area contributed by atoms with Gasteiger partial charge in [-0.15, -0.1) is 0 Å². The van der Waals surface area contributed by atoms with Gasteiger partial charge in [-0.1, -0.05) is 26.5 Å². The highest BCUT2D eigenvalue weighted by Crippen LogP contribution is 2.26. The van der Waals surface area contributed by atoms with Crippen molar-refractivity contribution in [2.75, 3.05) is 45.2 Å². The molecular weight excluding hydrogens is 418 g/mol. The Morgan fingerprint density at radius 3 is 2.66 bits per heavy atom. The van der Waals surface area contributed by atoms with E-state index in [1.165, 1.54) is 0 Å². The van der Waals surface area contributed by atoms with Crippen LogP contribution in [0.5, 0.6) is 6.01 Å². The third kappa shape index (κ3) is 5.68. The van der Waals surface area contributed by atoms with Crippen molar-refractivity contribution in [3.8, 4) is 6.01 Å². The Bertz CT molecular complexity index is 998. The quantitative estimate of drug-likeness (QED) is 0.416. The number of nitrogens with zero attached hydrogens (tertiary/aromatic N) is 5. The van der Waals surface area contributed by atoms with Crippen LogP contribution in [0.4, 0.5) is 14.6 Å². The molecule has 0 spiro atoms. The van der Waals surface area contributed by atoms with E-state index in [0.717, 1.165) is 32.0 Å². The molecule has 0 aromatic carbocycles. The van der Waals surface area contributed by atoms with Crippen molar-refractivity contribution in [2.45, 2.75) is 32.7 Å². The largest absolute Gasteiger partial charge is 0.463 e. The summed E-state index contributed by atoms with van der Waals surface area (Å²) in [4.78, 5) is 15.5. The number of hydrogen-bond donors (Lipinski definition) is 1. The number of fused-ring (bicyclic) bond motifs is 1.